The standard InChI is InChI=1S/C24H26N2O5/c1-3-10-31-24(30)13-4-6-14(7-5-13)25-21(27)12(2)26-22(28)19-15-8-9-16(18-11-17(15)18)20(19)23(26)29/h4-9,12,15-20H,3,10-11H2,1-2H3,(H,25,27)/t12-,15-,16-,17-,18-,19-,20+/m0/s1. The van der Waals surface area contributed by atoms with E-state index in [0.717, 1.165) is 12.8 Å². The molecule has 7 atom stereocenters. The largest absolute Gasteiger partial charge is 0.462 e. The van der Waals surface area contributed by atoms with Gasteiger partial charge in [0.05, 0.1) is 24.0 Å². The highest BCUT2D eigenvalue weighted by Crippen LogP contribution is 2.65. The lowest BCUT2D eigenvalue weighted by Crippen LogP contribution is -2.46. The summed E-state index contributed by atoms with van der Waals surface area (Å²) in [6.07, 6.45) is 6.08. The van der Waals surface area contributed by atoms with Crippen molar-refractivity contribution in [2.45, 2.75) is 32.7 Å². The number of benzene rings is 1. The molecule has 7 nitrogen and oxygen atoms in total. The highest BCUT2D eigenvalue weighted by molar-refractivity contribution is 6.10. The van der Waals surface area contributed by atoms with Gasteiger partial charge in [-0.05, 0) is 67.7 Å². The van der Waals surface area contributed by atoms with Gasteiger partial charge in [0.2, 0.25) is 17.7 Å². The molecular weight excluding hydrogens is 396 g/mol. The Labute approximate surface area is 180 Å². The van der Waals surface area contributed by atoms with Crippen molar-refractivity contribution >= 4 is 29.4 Å². The molecule has 5 aliphatic rings. The summed E-state index contributed by atoms with van der Waals surface area (Å²) in [5.74, 6) is -0.553. The fourth-order valence-electron chi connectivity index (χ4n) is 5.69. The molecule has 3 amide bonds. The maximum atomic E-state index is 13.1. The van der Waals surface area contributed by atoms with Crippen molar-refractivity contribution in [1.82, 2.24) is 4.90 Å². The number of nitrogens with zero attached hydrogens (tertiary/aromatic N) is 1. The zero-order chi connectivity index (χ0) is 21.9. The summed E-state index contributed by atoms with van der Waals surface area (Å²) in [7, 11) is 0. The van der Waals surface area contributed by atoms with E-state index in [1.165, 1.54) is 4.90 Å². The van der Waals surface area contributed by atoms with Crippen LogP contribution in [0.2, 0.25) is 0 Å². The van der Waals surface area contributed by atoms with Crippen LogP contribution in [-0.2, 0) is 19.1 Å². The van der Waals surface area contributed by atoms with Crippen molar-refractivity contribution in [2.75, 3.05) is 11.9 Å². The summed E-state index contributed by atoms with van der Waals surface area (Å²) in [5.41, 5.74) is 0.887. The summed E-state index contributed by atoms with van der Waals surface area (Å²) >= 11 is 0. The zero-order valence-electron chi connectivity index (χ0n) is 17.6. The number of nitrogens with one attached hydrogen (secondary N) is 1. The zero-order valence-corrected chi connectivity index (χ0v) is 17.6. The molecule has 2 saturated carbocycles. The van der Waals surface area contributed by atoms with Crippen LogP contribution in [0.1, 0.15) is 37.0 Å². The molecule has 1 saturated heterocycles. The lowest BCUT2D eigenvalue weighted by molar-refractivity contribution is -0.146. The molecule has 1 N–H and O–H groups in total. The van der Waals surface area contributed by atoms with Crippen LogP contribution in [0.5, 0.6) is 0 Å². The first-order valence-electron chi connectivity index (χ1n) is 11.1. The number of amides is 3. The molecule has 1 aromatic rings. The monoisotopic (exact) mass is 422 g/mol. The maximum Gasteiger partial charge on any atom is 0.338 e. The summed E-state index contributed by atoms with van der Waals surface area (Å²) in [4.78, 5) is 52.2. The number of allylic oxidation sites excluding steroid dienone is 2. The van der Waals surface area contributed by atoms with Gasteiger partial charge >= 0.3 is 5.97 Å². The summed E-state index contributed by atoms with van der Waals surface area (Å²) in [5, 5.41) is 2.75. The van der Waals surface area contributed by atoms with Crippen LogP contribution in [0.4, 0.5) is 5.69 Å². The number of hydrogen-bond acceptors (Lipinski definition) is 5. The third-order valence-corrected chi connectivity index (χ3v) is 7.29. The van der Waals surface area contributed by atoms with Gasteiger partial charge in [-0.1, -0.05) is 19.1 Å². The Kier molecular flexibility index (Phi) is 4.72. The van der Waals surface area contributed by atoms with Gasteiger partial charge in [0.1, 0.15) is 6.04 Å². The molecule has 0 radical (unpaired) electrons. The van der Waals surface area contributed by atoms with Crippen molar-refractivity contribution < 1.29 is 23.9 Å². The molecule has 162 valence electrons. The maximum absolute atomic E-state index is 13.1. The minimum absolute atomic E-state index is 0.136. The van der Waals surface area contributed by atoms with E-state index in [1.807, 2.05) is 6.92 Å². The number of imide groups is 1. The quantitative estimate of drug-likeness (QED) is 0.432. The minimum Gasteiger partial charge on any atom is -0.462 e. The van der Waals surface area contributed by atoms with Gasteiger partial charge in [0.15, 0.2) is 0 Å². The molecular formula is C24H26N2O5. The highest BCUT2D eigenvalue weighted by Gasteiger charge is 2.67. The predicted molar refractivity (Wildman–Crippen MR) is 112 cm³/mol. The van der Waals surface area contributed by atoms with Gasteiger partial charge in [-0.25, -0.2) is 4.79 Å². The average molecular weight is 422 g/mol. The summed E-state index contributed by atoms with van der Waals surface area (Å²) in [6, 6.07) is 5.48. The molecule has 31 heavy (non-hydrogen) atoms. The lowest BCUT2D eigenvalue weighted by atomic mass is 9.63. The Balaban J connectivity index is 1.26. The van der Waals surface area contributed by atoms with Crippen LogP contribution in [0.15, 0.2) is 36.4 Å². The number of likely N-dealkylation sites (tertiary alicyclic amines) is 1. The van der Waals surface area contributed by atoms with E-state index in [2.05, 4.69) is 17.5 Å². The van der Waals surface area contributed by atoms with Gasteiger partial charge in [-0.15, -0.1) is 0 Å². The highest BCUT2D eigenvalue weighted by atomic mass is 16.5. The van der Waals surface area contributed by atoms with Crippen LogP contribution < -0.4 is 5.32 Å². The Morgan fingerprint density at radius 1 is 1.06 bits per heavy atom. The molecule has 3 fully saturated rings. The van der Waals surface area contributed by atoms with E-state index < -0.39 is 17.9 Å². The third kappa shape index (κ3) is 3.09. The second-order valence-electron chi connectivity index (χ2n) is 9.08. The smallest absolute Gasteiger partial charge is 0.338 e. The minimum atomic E-state index is -0.893. The SMILES string of the molecule is CCCOC(=O)c1ccc(NC(=O)[C@H](C)N2C(=O)[C@@H]3[C@H]4C=C[C@@H]([C@@H]5C[C@@H]45)[C@@H]3C2=O)cc1. The first-order valence-corrected chi connectivity index (χ1v) is 11.1. The van der Waals surface area contributed by atoms with Crippen LogP contribution in [-0.4, -0.2) is 41.2 Å². The van der Waals surface area contributed by atoms with Crippen LogP contribution in [0, 0.1) is 35.5 Å². The molecule has 4 aliphatic carbocycles. The van der Waals surface area contributed by atoms with Gasteiger partial charge < -0.3 is 10.1 Å². The summed E-state index contributed by atoms with van der Waals surface area (Å²) < 4.78 is 5.09. The topological polar surface area (TPSA) is 92.8 Å². The van der Waals surface area contributed by atoms with Crippen LogP contribution in [0.25, 0.3) is 0 Å². The molecule has 1 aliphatic heterocycles. The van der Waals surface area contributed by atoms with E-state index in [9.17, 15) is 19.2 Å². The average Bonchev–Trinajstić information content (AvgIpc) is 3.55. The summed E-state index contributed by atoms with van der Waals surface area (Å²) in [6.45, 7) is 3.87. The van der Waals surface area contributed by atoms with Gasteiger partial charge in [-0.3, -0.25) is 19.3 Å². The Bertz CT molecular complexity index is 948. The first kappa shape index (κ1) is 20.0. The van der Waals surface area contributed by atoms with Crippen LogP contribution >= 0.6 is 0 Å². The molecule has 0 aromatic heterocycles. The van der Waals surface area contributed by atoms with E-state index in [0.29, 0.717) is 29.7 Å². The second-order valence-corrected chi connectivity index (χ2v) is 9.08. The number of esters is 1. The van der Waals surface area contributed by atoms with Crippen molar-refractivity contribution in [3.63, 3.8) is 0 Å². The Morgan fingerprint density at radius 3 is 2.19 bits per heavy atom. The van der Waals surface area contributed by atoms with E-state index in [4.69, 9.17) is 4.74 Å². The lowest BCUT2D eigenvalue weighted by Gasteiger charge is -2.37. The number of hydrogen-bond donors (Lipinski definition) is 1. The third-order valence-electron chi connectivity index (χ3n) is 7.29. The van der Waals surface area contributed by atoms with Gasteiger partial charge in [-0.2, -0.15) is 0 Å². The fraction of sp³-hybridized carbons (Fsp3) is 0.500. The molecule has 7 heteroatoms. The molecule has 6 rings (SSSR count). The number of ether oxygens (including phenoxy) is 1. The molecule has 1 aromatic carbocycles. The molecule has 1 heterocycles. The number of rotatable bonds is 6. The number of anilines is 1. The van der Waals surface area contributed by atoms with Crippen molar-refractivity contribution in [3.05, 3.63) is 42.0 Å². The van der Waals surface area contributed by atoms with Crippen molar-refractivity contribution in [2.24, 2.45) is 35.5 Å². The van der Waals surface area contributed by atoms with E-state index >= 15 is 0 Å². The van der Waals surface area contributed by atoms with Gasteiger partial charge in [0.25, 0.3) is 0 Å². The predicted octanol–water partition coefficient (Wildman–Crippen LogP) is 2.63. The fourth-order valence-corrected chi connectivity index (χ4v) is 5.69. The van der Waals surface area contributed by atoms with Crippen molar-refractivity contribution in [1.29, 1.82) is 0 Å². The number of carbonyl (C=O) groups is 4. The Hall–Kier alpha value is -2.96. The molecule has 2 bridgehead atoms. The first-order chi connectivity index (χ1) is 14.9. The normalized spacial score (nSPS) is 33.0. The van der Waals surface area contributed by atoms with E-state index in [-0.39, 0.29) is 35.5 Å². The van der Waals surface area contributed by atoms with Crippen LogP contribution in [0.3, 0.4) is 0 Å². The Morgan fingerprint density at radius 2 is 1.65 bits per heavy atom. The second kappa shape index (κ2) is 7.32. The van der Waals surface area contributed by atoms with Gasteiger partial charge in [0, 0.05) is 5.69 Å². The van der Waals surface area contributed by atoms with E-state index in [1.54, 1.807) is 31.2 Å². The molecule has 0 unspecified atom stereocenters. The number of carbonyl (C=O) groups excluding carboxylic acids is 4. The molecule has 0 spiro atoms. The van der Waals surface area contributed by atoms with Crippen molar-refractivity contribution in [3.8, 4) is 0 Å².